The van der Waals surface area contributed by atoms with Gasteiger partial charge in [-0.05, 0) is 25.1 Å². The molecule has 0 aliphatic heterocycles. The number of anilines is 1. The van der Waals surface area contributed by atoms with Gasteiger partial charge in [0, 0.05) is 20.9 Å². The fraction of sp³-hybridized carbons (Fsp3) is 0.417. The van der Waals surface area contributed by atoms with Gasteiger partial charge in [0.1, 0.15) is 0 Å². The SMILES string of the molecule is CC(=O)c1cc(SC(C)(C)C)ccc1N. The van der Waals surface area contributed by atoms with Gasteiger partial charge in [-0.25, -0.2) is 0 Å². The number of benzene rings is 1. The highest BCUT2D eigenvalue weighted by Gasteiger charge is 2.13. The predicted molar refractivity (Wildman–Crippen MR) is 66.5 cm³/mol. The summed E-state index contributed by atoms with van der Waals surface area (Å²) in [6.45, 7) is 7.96. The van der Waals surface area contributed by atoms with Crippen molar-refractivity contribution >= 4 is 23.2 Å². The van der Waals surface area contributed by atoms with Crippen molar-refractivity contribution in [2.24, 2.45) is 0 Å². The Bertz CT molecular complexity index is 380. The molecule has 0 spiro atoms. The zero-order valence-corrected chi connectivity index (χ0v) is 10.4. The largest absolute Gasteiger partial charge is 0.398 e. The number of hydrogen-bond donors (Lipinski definition) is 1. The molecule has 0 amide bonds. The number of nitrogen functional groups attached to an aromatic ring is 1. The van der Waals surface area contributed by atoms with Crippen LogP contribution in [0.25, 0.3) is 0 Å². The summed E-state index contributed by atoms with van der Waals surface area (Å²) in [7, 11) is 0. The first kappa shape index (κ1) is 12.1. The summed E-state index contributed by atoms with van der Waals surface area (Å²) in [6, 6.07) is 5.62. The van der Waals surface area contributed by atoms with Crippen molar-refractivity contribution in [1.29, 1.82) is 0 Å². The Balaban J connectivity index is 3.03. The summed E-state index contributed by atoms with van der Waals surface area (Å²) in [4.78, 5) is 12.4. The Morgan fingerprint density at radius 3 is 2.40 bits per heavy atom. The fourth-order valence-corrected chi connectivity index (χ4v) is 2.28. The zero-order valence-electron chi connectivity index (χ0n) is 9.63. The Kier molecular flexibility index (Phi) is 3.45. The van der Waals surface area contributed by atoms with E-state index in [1.807, 2.05) is 12.1 Å². The molecule has 0 saturated carbocycles. The molecule has 15 heavy (non-hydrogen) atoms. The molecule has 0 heterocycles. The normalized spacial score (nSPS) is 11.5. The first-order chi connectivity index (χ1) is 6.79. The maximum atomic E-state index is 11.3. The van der Waals surface area contributed by atoms with Crippen LogP contribution in [0, 0.1) is 0 Å². The van der Waals surface area contributed by atoms with E-state index >= 15 is 0 Å². The van der Waals surface area contributed by atoms with E-state index in [1.54, 1.807) is 17.8 Å². The summed E-state index contributed by atoms with van der Waals surface area (Å²) in [5.41, 5.74) is 6.90. The first-order valence-electron chi connectivity index (χ1n) is 4.89. The average molecular weight is 223 g/mol. The Morgan fingerprint density at radius 1 is 1.33 bits per heavy atom. The van der Waals surface area contributed by atoms with Crippen LogP contribution in [0.1, 0.15) is 38.1 Å². The van der Waals surface area contributed by atoms with Crippen LogP contribution in [0.2, 0.25) is 0 Å². The first-order valence-corrected chi connectivity index (χ1v) is 5.71. The molecule has 0 fully saturated rings. The third kappa shape index (κ3) is 3.59. The molecule has 2 nitrogen and oxygen atoms in total. The van der Waals surface area contributed by atoms with Crippen molar-refractivity contribution in [3.63, 3.8) is 0 Å². The van der Waals surface area contributed by atoms with E-state index in [-0.39, 0.29) is 10.5 Å². The van der Waals surface area contributed by atoms with Crippen molar-refractivity contribution in [2.45, 2.75) is 37.3 Å². The number of nitrogens with two attached hydrogens (primary N) is 1. The molecule has 0 radical (unpaired) electrons. The molecule has 0 bridgehead atoms. The number of hydrogen-bond acceptors (Lipinski definition) is 3. The predicted octanol–water partition coefficient (Wildman–Crippen LogP) is 3.36. The Hall–Kier alpha value is -0.960. The molecule has 1 aromatic rings. The third-order valence-corrected chi connectivity index (χ3v) is 2.93. The number of thioether (sulfide) groups is 1. The second-order valence-corrected chi connectivity index (χ2v) is 6.42. The topological polar surface area (TPSA) is 43.1 Å². The lowest BCUT2D eigenvalue weighted by Gasteiger charge is -2.18. The zero-order chi connectivity index (χ0) is 11.6. The van der Waals surface area contributed by atoms with Crippen molar-refractivity contribution in [3.05, 3.63) is 23.8 Å². The van der Waals surface area contributed by atoms with Gasteiger partial charge < -0.3 is 5.73 Å². The van der Waals surface area contributed by atoms with Crippen LogP contribution in [0.5, 0.6) is 0 Å². The van der Waals surface area contributed by atoms with E-state index in [4.69, 9.17) is 5.73 Å². The van der Waals surface area contributed by atoms with Crippen molar-refractivity contribution in [1.82, 2.24) is 0 Å². The van der Waals surface area contributed by atoms with Gasteiger partial charge in [-0.3, -0.25) is 4.79 Å². The molecule has 0 atom stereocenters. The summed E-state index contributed by atoms with van der Waals surface area (Å²) in [6.07, 6.45) is 0. The van der Waals surface area contributed by atoms with Gasteiger partial charge in [-0.15, -0.1) is 11.8 Å². The van der Waals surface area contributed by atoms with Crippen molar-refractivity contribution in [3.8, 4) is 0 Å². The molecular weight excluding hydrogens is 206 g/mol. The van der Waals surface area contributed by atoms with E-state index in [9.17, 15) is 4.79 Å². The molecule has 2 N–H and O–H groups in total. The smallest absolute Gasteiger partial charge is 0.161 e. The van der Waals surface area contributed by atoms with Crippen molar-refractivity contribution < 1.29 is 4.79 Å². The summed E-state index contributed by atoms with van der Waals surface area (Å²) < 4.78 is 0.143. The van der Waals surface area contributed by atoms with Crippen LogP contribution in [-0.2, 0) is 0 Å². The Morgan fingerprint density at radius 2 is 1.93 bits per heavy atom. The highest BCUT2D eigenvalue weighted by Crippen LogP contribution is 2.33. The molecule has 3 heteroatoms. The number of rotatable bonds is 2. The van der Waals surface area contributed by atoms with Crippen LogP contribution >= 0.6 is 11.8 Å². The summed E-state index contributed by atoms with van der Waals surface area (Å²) in [5, 5.41) is 0. The number of carbonyl (C=O) groups excluding carboxylic acids is 1. The maximum absolute atomic E-state index is 11.3. The minimum Gasteiger partial charge on any atom is -0.398 e. The van der Waals surface area contributed by atoms with Crippen molar-refractivity contribution in [2.75, 3.05) is 5.73 Å². The van der Waals surface area contributed by atoms with Gasteiger partial charge in [-0.2, -0.15) is 0 Å². The third-order valence-electron chi connectivity index (χ3n) is 1.83. The van der Waals surface area contributed by atoms with Gasteiger partial charge in [0.25, 0.3) is 0 Å². The number of Topliss-reactive ketones (excluding diaryl/α,β-unsaturated/α-hetero) is 1. The fourth-order valence-electron chi connectivity index (χ4n) is 1.26. The van der Waals surface area contributed by atoms with E-state index in [2.05, 4.69) is 20.8 Å². The molecule has 82 valence electrons. The number of carbonyl (C=O) groups is 1. The van der Waals surface area contributed by atoms with E-state index in [1.165, 1.54) is 6.92 Å². The van der Waals surface area contributed by atoms with Crippen LogP contribution < -0.4 is 5.73 Å². The monoisotopic (exact) mass is 223 g/mol. The second-order valence-electron chi connectivity index (χ2n) is 4.52. The minimum atomic E-state index is 0.0175. The van der Waals surface area contributed by atoms with E-state index < -0.39 is 0 Å². The van der Waals surface area contributed by atoms with Crippen LogP contribution in [0.15, 0.2) is 23.1 Å². The van der Waals surface area contributed by atoms with Crippen LogP contribution in [0.3, 0.4) is 0 Å². The molecule has 0 aliphatic rings. The molecule has 1 rings (SSSR count). The number of ketones is 1. The second kappa shape index (κ2) is 4.27. The van der Waals surface area contributed by atoms with Gasteiger partial charge >= 0.3 is 0 Å². The van der Waals surface area contributed by atoms with Crippen LogP contribution in [0.4, 0.5) is 5.69 Å². The summed E-state index contributed by atoms with van der Waals surface area (Å²) >= 11 is 1.73. The van der Waals surface area contributed by atoms with Crippen LogP contribution in [-0.4, -0.2) is 10.5 Å². The molecule has 0 saturated heterocycles. The van der Waals surface area contributed by atoms with Gasteiger partial charge in [0.05, 0.1) is 0 Å². The molecule has 0 unspecified atom stereocenters. The van der Waals surface area contributed by atoms with E-state index in [0.717, 1.165) is 4.90 Å². The maximum Gasteiger partial charge on any atom is 0.161 e. The quantitative estimate of drug-likeness (QED) is 0.475. The average Bonchev–Trinajstić information content (AvgIpc) is 2.05. The highest BCUT2D eigenvalue weighted by molar-refractivity contribution is 8.00. The highest BCUT2D eigenvalue weighted by atomic mass is 32.2. The summed E-state index contributed by atoms with van der Waals surface area (Å²) in [5.74, 6) is 0.0175. The lowest BCUT2D eigenvalue weighted by molar-refractivity contribution is 0.101. The molecular formula is C12H17NOS. The van der Waals surface area contributed by atoms with E-state index in [0.29, 0.717) is 11.3 Å². The van der Waals surface area contributed by atoms with Gasteiger partial charge in [-0.1, -0.05) is 20.8 Å². The molecule has 1 aromatic carbocycles. The van der Waals surface area contributed by atoms with Gasteiger partial charge in [0.2, 0.25) is 0 Å². The Labute approximate surface area is 95.2 Å². The standard InChI is InChI=1S/C12H17NOS/c1-8(14)10-7-9(5-6-11(10)13)15-12(2,3)4/h5-7H,13H2,1-4H3. The lowest BCUT2D eigenvalue weighted by Crippen LogP contribution is -2.07. The minimum absolute atomic E-state index is 0.0175. The molecule has 0 aromatic heterocycles. The molecule has 0 aliphatic carbocycles. The lowest BCUT2D eigenvalue weighted by atomic mass is 10.1. The van der Waals surface area contributed by atoms with Gasteiger partial charge in [0.15, 0.2) is 5.78 Å².